The maximum atomic E-state index is 12.8. The zero-order valence-corrected chi connectivity index (χ0v) is 16.6. The predicted octanol–water partition coefficient (Wildman–Crippen LogP) is 5.49. The molecule has 26 heavy (non-hydrogen) atoms. The van der Waals surface area contributed by atoms with Gasteiger partial charge in [0.05, 0.1) is 12.6 Å². The molecule has 0 saturated carbocycles. The quantitative estimate of drug-likeness (QED) is 0.402. The van der Waals surface area contributed by atoms with Gasteiger partial charge in [-0.3, -0.25) is 9.88 Å². The number of hydrogen-bond acceptors (Lipinski definition) is 3. The minimum absolute atomic E-state index is 0.162. The summed E-state index contributed by atoms with van der Waals surface area (Å²) in [6.07, 6.45) is 3.60. The molecule has 2 rings (SSSR count). The number of hydrogen-bond donors (Lipinski definition) is 2. The van der Waals surface area contributed by atoms with Gasteiger partial charge < -0.3 is 9.42 Å². The molecule has 2 aromatic rings. The van der Waals surface area contributed by atoms with Crippen LogP contribution in [-0.2, 0) is 9.09 Å². The SMILES string of the molecule is CCCCCC(NC(c1ccccc1)c1ccccc1)[P@](=O)(O)OCC. The number of rotatable bonds is 11. The highest BCUT2D eigenvalue weighted by Gasteiger charge is 2.34. The van der Waals surface area contributed by atoms with Crippen LogP contribution in [0.3, 0.4) is 0 Å². The molecule has 0 aliphatic heterocycles. The Morgan fingerprint density at radius 1 is 0.962 bits per heavy atom. The van der Waals surface area contributed by atoms with Gasteiger partial charge in [0, 0.05) is 0 Å². The van der Waals surface area contributed by atoms with Gasteiger partial charge >= 0.3 is 7.60 Å². The molecule has 1 unspecified atom stereocenters. The van der Waals surface area contributed by atoms with Gasteiger partial charge in [-0.05, 0) is 24.5 Å². The van der Waals surface area contributed by atoms with Crippen molar-refractivity contribution >= 4 is 7.60 Å². The van der Waals surface area contributed by atoms with Crippen molar-refractivity contribution in [3.8, 4) is 0 Å². The summed E-state index contributed by atoms with van der Waals surface area (Å²) < 4.78 is 18.0. The van der Waals surface area contributed by atoms with Crippen molar-refractivity contribution in [3.63, 3.8) is 0 Å². The predicted molar refractivity (Wildman–Crippen MR) is 107 cm³/mol. The van der Waals surface area contributed by atoms with E-state index in [0.29, 0.717) is 6.42 Å². The fraction of sp³-hybridized carbons (Fsp3) is 0.429. The van der Waals surface area contributed by atoms with Gasteiger partial charge in [0.1, 0.15) is 5.78 Å². The lowest BCUT2D eigenvalue weighted by Gasteiger charge is -2.29. The first kappa shape index (κ1) is 20.9. The molecule has 4 nitrogen and oxygen atoms in total. The lowest BCUT2D eigenvalue weighted by atomic mass is 9.98. The van der Waals surface area contributed by atoms with Crippen molar-refractivity contribution in [1.82, 2.24) is 5.32 Å². The van der Waals surface area contributed by atoms with E-state index in [1.807, 2.05) is 60.7 Å². The molecule has 142 valence electrons. The highest BCUT2D eigenvalue weighted by atomic mass is 31.2. The lowest BCUT2D eigenvalue weighted by molar-refractivity contribution is 0.252. The second kappa shape index (κ2) is 10.6. The maximum Gasteiger partial charge on any atom is 0.344 e. The topological polar surface area (TPSA) is 58.6 Å². The summed E-state index contributed by atoms with van der Waals surface area (Å²) >= 11 is 0. The molecule has 0 amide bonds. The monoisotopic (exact) mass is 375 g/mol. The fourth-order valence-electron chi connectivity index (χ4n) is 3.07. The van der Waals surface area contributed by atoms with Crippen LogP contribution in [0, 0.1) is 0 Å². The fourth-order valence-corrected chi connectivity index (χ4v) is 4.47. The van der Waals surface area contributed by atoms with E-state index >= 15 is 0 Å². The Bertz CT molecular complexity index is 639. The number of unbranched alkanes of at least 4 members (excludes halogenated alkanes) is 2. The van der Waals surface area contributed by atoms with Crippen LogP contribution in [0.25, 0.3) is 0 Å². The van der Waals surface area contributed by atoms with Crippen molar-refractivity contribution in [2.75, 3.05) is 6.61 Å². The van der Waals surface area contributed by atoms with E-state index in [1.165, 1.54) is 0 Å². The Kier molecular flexibility index (Phi) is 8.53. The van der Waals surface area contributed by atoms with Crippen molar-refractivity contribution in [2.45, 2.75) is 51.4 Å². The molecule has 5 heteroatoms. The van der Waals surface area contributed by atoms with Gasteiger partial charge in [0.25, 0.3) is 0 Å². The first-order valence-corrected chi connectivity index (χ1v) is 11.1. The van der Waals surface area contributed by atoms with E-state index in [2.05, 4.69) is 12.2 Å². The molecule has 0 bridgehead atoms. The molecular formula is C21H30NO3P. The summed E-state index contributed by atoms with van der Waals surface area (Å²) in [5.41, 5.74) is 2.13. The van der Waals surface area contributed by atoms with Crippen LogP contribution in [0.5, 0.6) is 0 Å². The lowest BCUT2D eigenvalue weighted by Crippen LogP contribution is -2.34. The average Bonchev–Trinajstić information content (AvgIpc) is 2.66. The minimum Gasteiger partial charge on any atom is -0.323 e. The van der Waals surface area contributed by atoms with Crippen LogP contribution >= 0.6 is 7.60 Å². The zero-order valence-electron chi connectivity index (χ0n) is 15.7. The Morgan fingerprint density at radius 2 is 1.50 bits per heavy atom. The molecule has 0 fully saturated rings. The van der Waals surface area contributed by atoms with Crippen molar-refractivity contribution in [2.24, 2.45) is 0 Å². The summed E-state index contributed by atoms with van der Waals surface area (Å²) in [6.45, 7) is 4.10. The summed E-state index contributed by atoms with van der Waals surface area (Å²) in [4.78, 5) is 10.5. The molecule has 2 atom stereocenters. The molecule has 0 aromatic heterocycles. The first-order valence-electron chi connectivity index (χ1n) is 9.41. The van der Waals surface area contributed by atoms with Gasteiger partial charge in [-0.1, -0.05) is 86.8 Å². The van der Waals surface area contributed by atoms with Crippen LogP contribution in [-0.4, -0.2) is 17.3 Å². The number of nitrogens with one attached hydrogen (secondary N) is 1. The number of benzene rings is 2. The van der Waals surface area contributed by atoms with Crippen LogP contribution in [0.4, 0.5) is 0 Å². The molecule has 2 N–H and O–H groups in total. The normalized spacial score (nSPS) is 14.9. The van der Waals surface area contributed by atoms with Crippen molar-refractivity contribution < 1.29 is 14.0 Å². The summed E-state index contributed by atoms with van der Waals surface area (Å²) in [5.74, 6) is -0.598. The van der Waals surface area contributed by atoms with Gasteiger partial charge in [-0.15, -0.1) is 0 Å². The van der Waals surface area contributed by atoms with Gasteiger partial charge in [-0.25, -0.2) is 0 Å². The third-order valence-electron chi connectivity index (χ3n) is 4.41. The highest BCUT2D eigenvalue weighted by molar-refractivity contribution is 7.53. The van der Waals surface area contributed by atoms with Crippen LogP contribution in [0.2, 0.25) is 0 Å². The summed E-state index contributed by atoms with van der Waals surface area (Å²) in [6, 6.07) is 19.9. The van der Waals surface area contributed by atoms with E-state index in [4.69, 9.17) is 4.52 Å². The standard InChI is InChI=1S/C21H30NO3P/c1-3-5-8-17-20(26(23,24)25-4-2)22-21(18-13-9-6-10-14-18)19-15-11-7-12-16-19/h6-7,9-16,20-22H,3-5,8,17H2,1-2H3,(H,23,24). The van der Waals surface area contributed by atoms with Crippen LogP contribution in [0.1, 0.15) is 56.7 Å². The Labute approximate surface area is 157 Å². The minimum atomic E-state index is -3.75. The third-order valence-corrected chi connectivity index (χ3v) is 6.24. The molecule has 0 heterocycles. The smallest absolute Gasteiger partial charge is 0.323 e. The van der Waals surface area contributed by atoms with Crippen LogP contribution < -0.4 is 5.32 Å². The largest absolute Gasteiger partial charge is 0.344 e. The van der Waals surface area contributed by atoms with Gasteiger partial charge in [0.15, 0.2) is 0 Å². The molecular weight excluding hydrogens is 345 g/mol. The highest BCUT2D eigenvalue weighted by Crippen LogP contribution is 2.49. The Hall–Kier alpha value is -1.45. The first-order chi connectivity index (χ1) is 12.6. The van der Waals surface area contributed by atoms with Gasteiger partial charge in [0.2, 0.25) is 0 Å². The zero-order chi connectivity index (χ0) is 18.8. The second-order valence-corrected chi connectivity index (χ2v) is 8.42. The van der Waals surface area contributed by atoms with Gasteiger partial charge in [-0.2, -0.15) is 0 Å². The molecule has 0 aliphatic rings. The molecule has 0 spiro atoms. The molecule has 0 radical (unpaired) electrons. The second-order valence-electron chi connectivity index (χ2n) is 6.41. The maximum absolute atomic E-state index is 12.8. The van der Waals surface area contributed by atoms with Crippen molar-refractivity contribution in [3.05, 3.63) is 71.8 Å². The summed E-state index contributed by atoms with van der Waals surface area (Å²) in [5, 5.41) is 3.43. The van der Waals surface area contributed by atoms with Crippen LogP contribution in [0.15, 0.2) is 60.7 Å². The van der Waals surface area contributed by atoms with E-state index in [9.17, 15) is 9.46 Å². The molecule has 2 aromatic carbocycles. The van der Waals surface area contributed by atoms with E-state index in [1.54, 1.807) is 6.92 Å². The van der Waals surface area contributed by atoms with E-state index in [0.717, 1.165) is 30.4 Å². The molecule has 0 saturated heterocycles. The summed E-state index contributed by atoms with van der Waals surface area (Å²) in [7, 11) is -3.75. The van der Waals surface area contributed by atoms with E-state index < -0.39 is 13.4 Å². The molecule has 0 aliphatic carbocycles. The Morgan fingerprint density at radius 3 is 1.96 bits per heavy atom. The van der Waals surface area contributed by atoms with Crippen molar-refractivity contribution in [1.29, 1.82) is 0 Å². The Balaban J connectivity index is 2.31. The third kappa shape index (κ3) is 6.07. The average molecular weight is 375 g/mol. The van der Waals surface area contributed by atoms with E-state index in [-0.39, 0.29) is 12.6 Å².